The average Bonchev–Trinajstić information content (AvgIpc) is 2.33. The third-order valence-corrected chi connectivity index (χ3v) is 3.57. The Labute approximate surface area is 114 Å². The molecule has 2 rings (SSSR count). The van der Waals surface area contributed by atoms with E-state index in [0.717, 1.165) is 36.3 Å². The average molecular weight is 260 g/mol. The standard InChI is InChI=1S/C16H20O3/c1-4-5-12-6-7-15(18-3)16(8-12)19-14-9-13(10-14)11(2)17/h4,6-8,13-14H,1,5,9-10H2,2-3H3. The van der Waals surface area contributed by atoms with Crippen LogP contribution in [0.4, 0.5) is 0 Å². The molecule has 19 heavy (non-hydrogen) atoms. The quantitative estimate of drug-likeness (QED) is 0.737. The highest BCUT2D eigenvalue weighted by Crippen LogP contribution is 2.36. The van der Waals surface area contributed by atoms with Crippen LogP contribution < -0.4 is 9.47 Å². The first-order chi connectivity index (χ1) is 9.13. The van der Waals surface area contributed by atoms with Crippen molar-refractivity contribution in [3.8, 4) is 11.5 Å². The van der Waals surface area contributed by atoms with Crippen LogP contribution in [0.15, 0.2) is 30.9 Å². The van der Waals surface area contributed by atoms with Gasteiger partial charge in [0.15, 0.2) is 11.5 Å². The third-order valence-electron chi connectivity index (χ3n) is 3.57. The Balaban J connectivity index is 2.04. The van der Waals surface area contributed by atoms with Crippen LogP contribution in [0.1, 0.15) is 25.3 Å². The molecule has 0 aromatic heterocycles. The Morgan fingerprint density at radius 3 is 2.74 bits per heavy atom. The molecule has 1 aromatic rings. The molecular weight excluding hydrogens is 240 g/mol. The first-order valence-electron chi connectivity index (χ1n) is 6.59. The van der Waals surface area contributed by atoms with Crippen LogP contribution >= 0.6 is 0 Å². The predicted molar refractivity (Wildman–Crippen MR) is 74.7 cm³/mol. The minimum atomic E-state index is 0.127. The van der Waals surface area contributed by atoms with E-state index in [-0.39, 0.29) is 17.8 Å². The van der Waals surface area contributed by atoms with E-state index in [1.165, 1.54) is 0 Å². The van der Waals surface area contributed by atoms with E-state index >= 15 is 0 Å². The minimum Gasteiger partial charge on any atom is -0.493 e. The molecule has 1 fully saturated rings. The molecule has 1 saturated carbocycles. The Morgan fingerprint density at radius 1 is 1.42 bits per heavy atom. The van der Waals surface area contributed by atoms with Gasteiger partial charge in [-0.05, 0) is 43.9 Å². The van der Waals surface area contributed by atoms with Crippen LogP contribution in [0, 0.1) is 5.92 Å². The normalized spacial score (nSPS) is 21.4. The lowest BCUT2D eigenvalue weighted by molar-refractivity contribution is -0.126. The summed E-state index contributed by atoms with van der Waals surface area (Å²) in [4.78, 5) is 11.2. The van der Waals surface area contributed by atoms with Crippen molar-refractivity contribution in [2.24, 2.45) is 5.92 Å². The van der Waals surface area contributed by atoms with Crippen LogP contribution in [-0.2, 0) is 11.2 Å². The van der Waals surface area contributed by atoms with Gasteiger partial charge in [-0.2, -0.15) is 0 Å². The van der Waals surface area contributed by atoms with Crippen LogP contribution in [0.3, 0.4) is 0 Å². The van der Waals surface area contributed by atoms with Gasteiger partial charge in [-0.15, -0.1) is 6.58 Å². The van der Waals surface area contributed by atoms with E-state index in [4.69, 9.17) is 9.47 Å². The summed E-state index contributed by atoms with van der Waals surface area (Å²) < 4.78 is 11.2. The van der Waals surface area contributed by atoms with Crippen LogP contribution in [0.2, 0.25) is 0 Å². The summed E-state index contributed by atoms with van der Waals surface area (Å²) in [5.74, 6) is 1.92. The molecule has 0 unspecified atom stereocenters. The highest BCUT2D eigenvalue weighted by Gasteiger charge is 2.34. The maximum absolute atomic E-state index is 11.2. The number of hydrogen-bond donors (Lipinski definition) is 0. The highest BCUT2D eigenvalue weighted by atomic mass is 16.5. The second-order valence-corrected chi connectivity index (χ2v) is 5.00. The summed E-state index contributed by atoms with van der Waals surface area (Å²) in [5, 5.41) is 0. The number of methoxy groups -OCH3 is 1. The van der Waals surface area contributed by atoms with Crippen molar-refractivity contribution in [2.45, 2.75) is 32.3 Å². The summed E-state index contributed by atoms with van der Waals surface area (Å²) in [7, 11) is 1.63. The number of Topliss-reactive ketones (excluding diaryl/α,β-unsaturated/α-hetero) is 1. The molecule has 0 N–H and O–H groups in total. The van der Waals surface area contributed by atoms with Gasteiger partial charge in [-0.25, -0.2) is 0 Å². The zero-order chi connectivity index (χ0) is 13.8. The number of ketones is 1. The zero-order valence-electron chi connectivity index (χ0n) is 11.5. The number of benzene rings is 1. The number of hydrogen-bond acceptors (Lipinski definition) is 3. The predicted octanol–water partition coefficient (Wildman–Crippen LogP) is 3.17. The molecule has 3 heteroatoms. The molecule has 0 heterocycles. The second kappa shape index (κ2) is 5.91. The van der Waals surface area contributed by atoms with Crippen molar-refractivity contribution >= 4 is 5.78 Å². The van der Waals surface area contributed by atoms with Gasteiger partial charge in [0, 0.05) is 5.92 Å². The van der Waals surface area contributed by atoms with Crippen molar-refractivity contribution in [3.05, 3.63) is 36.4 Å². The van der Waals surface area contributed by atoms with Gasteiger partial charge >= 0.3 is 0 Å². The summed E-state index contributed by atoms with van der Waals surface area (Å²) in [6.45, 7) is 5.38. The van der Waals surface area contributed by atoms with E-state index in [1.54, 1.807) is 14.0 Å². The molecule has 1 aromatic carbocycles. The summed E-state index contributed by atoms with van der Waals surface area (Å²) in [6.07, 6.45) is 4.41. The van der Waals surface area contributed by atoms with Gasteiger partial charge in [0.2, 0.25) is 0 Å². The first-order valence-corrected chi connectivity index (χ1v) is 6.59. The lowest BCUT2D eigenvalue weighted by Crippen LogP contribution is -2.37. The van der Waals surface area contributed by atoms with E-state index < -0.39 is 0 Å². The van der Waals surface area contributed by atoms with Gasteiger partial charge in [-0.3, -0.25) is 4.79 Å². The van der Waals surface area contributed by atoms with Crippen LogP contribution in [-0.4, -0.2) is 19.0 Å². The summed E-state index contributed by atoms with van der Waals surface area (Å²) in [6, 6.07) is 5.91. The monoisotopic (exact) mass is 260 g/mol. The molecule has 0 aliphatic heterocycles. The number of rotatable bonds is 6. The second-order valence-electron chi connectivity index (χ2n) is 5.00. The molecule has 0 saturated heterocycles. The number of allylic oxidation sites excluding steroid dienone is 1. The maximum Gasteiger partial charge on any atom is 0.161 e. The van der Waals surface area contributed by atoms with E-state index in [9.17, 15) is 4.79 Å². The van der Waals surface area contributed by atoms with Crippen LogP contribution in [0.25, 0.3) is 0 Å². The Morgan fingerprint density at radius 2 is 2.16 bits per heavy atom. The molecular formula is C16H20O3. The topological polar surface area (TPSA) is 35.5 Å². The fourth-order valence-electron chi connectivity index (χ4n) is 2.28. The Bertz CT molecular complexity index is 473. The molecule has 1 aliphatic carbocycles. The van der Waals surface area contributed by atoms with Crippen molar-refractivity contribution < 1.29 is 14.3 Å². The molecule has 0 atom stereocenters. The van der Waals surface area contributed by atoms with Crippen molar-refractivity contribution in [1.82, 2.24) is 0 Å². The molecule has 0 bridgehead atoms. The SMILES string of the molecule is C=CCc1ccc(OC)c(OC2CC(C(C)=O)C2)c1. The van der Waals surface area contributed by atoms with Gasteiger partial charge in [0.25, 0.3) is 0 Å². The Kier molecular flexibility index (Phi) is 4.25. The summed E-state index contributed by atoms with van der Waals surface area (Å²) in [5.41, 5.74) is 1.15. The molecule has 1 aliphatic rings. The van der Waals surface area contributed by atoms with Crippen molar-refractivity contribution in [3.63, 3.8) is 0 Å². The van der Waals surface area contributed by atoms with Gasteiger partial charge in [0.05, 0.1) is 7.11 Å². The molecule has 0 amide bonds. The Hall–Kier alpha value is -1.77. The number of ether oxygens (including phenoxy) is 2. The largest absolute Gasteiger partial charge is 0.493 e. The van der Waals surface area contributed by atoms with Crippen molar-refractivity contribution in [2.75, 3.05) is 7.11 Å². The minimum absolute atomic E-state index is 0.127. The smallest absolute Gasteiger partial charge is 0.161 e. The van der Waals surface area contributed by atoms with E-state index in [2.05, 4.69) is 6.58 Å². The molecule has 102 valence electrons. The van der Waals surface area contributed by atoms with E-state index in [0.29, 0.717) is 0 Å². The van der Waals surface area contributed by atoms with E-state index in [1.807, 2.05) is 24.3 Å². The zero-order valence-corrected chi connectivity index (χ0v) is 11.5. The van der Waals surface area contributed by atoms with Gasteiger partial charge < -0.3 is 9.47 Å². The lowest BCUT2D eigenvalue weighted by atomic mass is 9.80. The molecule has 0 spiro atoms. The fraction of sp³-hybridized carbons (Fsp3) is 0.438. The van der Waals surface area contributed by atoms with Crippen LogP contribution in [0.5, 0.6) is 11.5 Å². The van der Waals surface area contributed by atoms with Crippen molar-refractivity contribution in [1.29, 1.82) is 0 Å². The number of carbonyl (C=O) groups is 1. The third kappa shape index (κ3) is 3.16. The molecule has 0 radical (unpaired) electrons. The molecule has 3 nitrogen and oxygen atoms in total. The number of carbonyl (C=O) groups excluding carboxylic acids is 1. The maximum atomic E-state index is 11.2. The highest BCUT2D eigenvalue weighted by molar-refractivity contribution is 5.79. The van der Waals surface area contributed by atoms with Gasteiger partial charge in [-0.1, -0.05) is 12.1 Å². The fourth-order valence-corrected chi connectivity index (χ4v) is 2.28. The lowest BCUT2D eigenvalue weighted by Gasteiger charge is -2.34. The summed E-state index contributed by atoms with van der Waals surface area (Å²) >= 11 is 0. The van der Waals surface area contributed by atoms with Gasteiger partial charge in [0.1, 0.15) is 11.9 Å². The first kappa shape index (κ1) is 13.7.